The number of ether oxygens (including phenoxy) is 2. The van der Waals surface area contributed by atoms with Crippen LogP contribution in [0.15, 0.2) is 0 Å². The summed E-state index contributed by atoms with van der Waals surface area (Å²) in [7, 11) is -4.74. The number of phosphoric ester groups is 1. The lowest BCUT2D eigenvalue weighted by Crippen LogP contribution is -2.29. The molecule has 298 valence electrons. The Balaban J connectivity index is 3.83. The standard InChI is InChI=1S/C41H81O8P/c1-3-5-7-9-11-13-15-17-18-19-20-21-22-24-26-28-30-32-34-36-41(43)49-39(38-48-50(44,45)46)37-47-40(42)35-33-31-29-27-25-23-16-14-12-10-8-6-4-2/h39H,3-38H2,1-2H3,(H2,44,45,46). The van der Waals surface area contributed by atoms with Gasteiger partial charge in [0.15, 0.2) is 6.10 Å². The minimum atomic E-state index is -4.74. The Hall–Kier alpha value is -0.950. The molecule has 1 atom stereocenters. The molecule has 8 nitrogen and oxygen atoms in total. The third-order valence-electron chi connectivity index (χ3n) is 9.63. The topological polar surface area (TPSA) is 119 Å². The first kappa shape index (κ1) is 49.0. The van der Waals surface area contributed by atoms with Crippen LogP contribution < -0.4 is 0 Å². The van der Waals surface area contributed by atoms with Crippen molar-refractivity contribution in [1.29, 1.82) is 0 Å². The van der Waals surface area contributed by atoms with Crippen LogP contribution in [0.4, 0.5) is 0 Å². The Labute approximate surface area is 308 Å². The third-order valence-corrected chi connectivity index (χ3v) is 10.1. The van der Waals surface area contributed by atoms with Crippen LogP contribution in [-0.4, -0.2) is 41.0 Å². The Morgan fingerprint density at radius 2 is 0.720 bits per heavy atom. The first-order valence-corrected chi connectivity index (χ1v) is 22.9. The molecule has 0 saturated carbocycles. The van der Waals surface area contributed by atoms with E-state index in [1.165, 1.54) is 167 Å². The summed E-state index contributed by atoms with van der Waals surface area (Å²) in [5.41, 5.74) is 0. The van der Waals surface area contributed by atoms with Crippen LogP contribution in [0.25, 0.3) is 0 Å². The Kier molecular flexibility index (Phi) is 37.1. The molecular formula is C41H81O8P. The summed E-state index contributed by atoms with van der Waals surface area (Å²) in [5, 5.41) is 0. The summed E-state index contributed by atoms with van der Waals surface area (Å²) >= 11 is 0. The normalized spacial score (nSPS) is 12.3. The number of rotatable bonds is 40. The van der Waals surface area contributed by atoms with E-state index in [1.54, 1.807) is 0 Å². The van der Waals surface area contributed by atoms with Crippen LogP contribution in [0.2, 0.25) is 0 Å². The summed E-state index contributed by atoms with van der Waals surface area (Å²) in [4.78, 5) is 42.8. The van der Waals surface area contributed by atoms with Crippen LogP contribution in [0.1, 0.15) is 232 Å². The second-order valence-corrected chi connectivity index (χ2v) is 15.9. The maximum atomic E-state index is 12.4. The molecule has 0 heterocycles. The number of carbonyl (C=O) groups is 2. The molecule has 0 radical (unpaired) electrons. The van der Waals surface area contributed by atoms with E-state index in [0.717, 1.165) is 32.1 Å². The molecule has 1 unspecified atom stereocenters. The van der Waals surface area contributed by atoms with Crippen molar-refractivity contribution >= 4 is 19.8 Å². The van der Waals surface area contributed by atoms with Crippen molar-refractivity contribution in [2.45, 2.75) is 238 Å². The van der Waals surface area contributed by atoms with Crippen LogP contribution in [-0.2, 0) is 28.2 Å². The van der Waals surface area contributed by atoms with Crippen LogP contribution >= 0.6 is 7.82 Å². The molecule has 0 fully saturated rings. The zero-order chi connectivity index (χ0) is 36.8. The lowest BCUT2D eigenvalue weighted by atomic mass is 10.0. The summed E-state index contributed by atoms with van der Waals surface area (Å²) in [6.45, 7) is 3.72. The molecule has 0 aromatic carbocycles. The summed E-state index contributed by atoms with van der Waals surface area (Å²) < 4.78 is 26.4. The fourth-order valence-electron chi connectivity index (χ4n) is 6.43. The number of hydrogen-bond acceptors (Lipinski definition) is 6. The molecule has 0 spiro atoms. The zero-order valence-corrected chi connectivity index (χ0v) is 33.7. The van der Waals surface area contributed by atoms with Gasteiger partial charge in [0.05, 0.1) is 6.61 Å². The Bertz CT molecular complexity index is 787. The second-order valence-electron chi connectivity index (χ2n) is 14.7. The molecule has 0 aromatic heterocycles. The molecule has 0 saturated heterocycles. The third kappa shape index (κ3) is 39.8. The van der Waals surface area contributed by atoms with Crippen molar-refractivity contribution in [1.82, 2.24) is 0 Å². The molecular weight excluding hydrogens is 651 g/mol. The van der Waals surface area contributed by atoms with E-state index in [9.17, 15) is 14.2 Å². The quantitative estimate of drug-likeness (QED) is 0.0363. The fraction of sp³-hybridized carbons (Fsp3) is 0.951. The van der Waals surface area contributed by atoms with Gasteiger partial charge in [-0.15, -0.1) is 0 Å². The first-order chi connectivity index (χ1) is 24.3. The van der Waals surface area contributed by atoms with E-state index in [2.05, 4.69) is 18.4 Å². The van der Waals surface area contributed by atoms with Crippen LogP contribution in [0, 0.1) is 0 Å². The van der Waals surface area contributed by atoms with Gasteiger partial charge in [-0.2, -0.15) is 0 Å². The molecule has 9 heteroatoms. The molecule has 0 aliphatic heterocycles. The Morgan fingerprint density at radius 3 is 1.02 bits per heavy atom. The summed E-state index contributed by atoms with van der Waals surface area (Å²) in [5.74, 6) is -0.868. The highest BCUT2D eigenvalue weighted by Gasteiger charge is 2.22. The van der Waals surface area contributed by atoms with Crippen molar-refractivity contribution in [3.8, 4) is 0 Å². The molecule has 50 heavy (non-hydrogen) atoms. The molecule has 0 rings (SSSR count). The van der Waals surface area contributed by atoms with Crippen molar-refractivity contribution < 1.29 is 37.9 Å². The van der Waals surface area contributed by atoms with Crippen molar-refractivity contribution in [2.75, 3.05) is 13.2 Å². The van der Waals surface area contributed by atoms with Crippen molar-refractivity contribution in [3.05, 3.63) is 0 Å². The van der Waals surface area contributed by atoms with Crippen LogP contribution in [0.3, 0.4) is 0 Å². The summed E-state index contributed by atoms with van der Waals surface area (Å²) in [6, 6.07) is 0. The van der Waals surface area contributed by atoms with Gasteiger partial charge in [-0.3, -0.25) is 14.1 Å². The van der Waals surface area contributed by atoms with Gasteiger partial charge in [0.1, 0.15) is 6.61 Å². The van der Waals surface area contributed by atoms with E-state index in [-0.39, 0.29) is 19.4 Å². The summed E-state index contributed by atoms with van der Waals surface area (Å²) in [6.07, 6.45) is 39.7. The monoisotopic (exact) mass is 733 g/mol. The highest BCUT2D eigenvalue weighted by atomic mass is 31.2. The largest absolute Gasteiger partial charge is 0.469 e. The molecule has 0 amide bonds. The van der Waals surface area contributed by atoms with Gasteiger partial charge in [0.2, 0.25) is 0 Å². The van der Waals surface area contributed by atoms with E-state index in [4.69, 9.17) is 19.3 Å². The second kappa shape index (κ2) is 37.8. The minimum absolute atomic E-state index is 0.220. The molecule has 0 aromatic rings. The predicted octanol–water partition coefficient (Wildman–Crippen LogP) is 12.9. The SMILES string of the molecule is CCCCCCCCCCCCCCCCCCCCCC(=O)OC(COC(=O)CCCCCCCCCCCCCCC)COP(=O)(O)O. The number of unbranched alkanes of at least 4 members (excludes halogenated alkanes) is 30. The van der Waals surface area contributed by atoms with Gasteiger partial charge < -0.3 is 19.3 Å². The zero-order valence-electron chi connectivity index (χ0n) is 32.8. The lowest BCUT2D eigenvalue weighted by Gasteiger charge is -2.18. The predicted molar refractivity (Wildman–Crippen MR) is 207 cm³/mol. The average molecular weight is 733 g/mol. The molecule has 0 aliphatic carbocycles. The van der Waals surface area contributed by atoms with Gasteiger partial charge in [0, 0.05) is 12.8 Å². The fourth-order valence-corrected chi connectivity index (χ4v) is 6.79. The lowest BCUT2D eigenvalue weighted by molar-refractivity contribution is -0.161. The number of hydrogen-bond donors (Lipinski definition) is 2. The molecule has 0 bridgehead atoms. The van der Waals surface area contributed by atoms with Crippen molar-refractivity contribution in [2.24, 2.45) is 0 Å². The van der Waals surface area contributed by atoms with Gasteiger partial charge >= 0.3 is 19.8 Å². The molecule has 0 aliphatic rings. The van der Waals surface area contributed by atoms with Gasteiger partial charge in [0.25, 0.3) is 0 Å². The number of phosphoric acid groups is 1. The maximum absolute atomic E-state index is 12.4. The van der Waals surface area contributed by atoms with Crippen molar-refractivity contribution in [3.63, 3.8) is 0 Å². The van der Waals surface area contributed by atoms with Crippen LogP contribution in [0.5, 0.6) is 0 Å². The Morgan fingerprint density at radius 1 is 0.440 bits per heavy atom. The highest BCUT2D eigenvalue weighted by Crippen LogP contribution is 2.36. The van der Waals surface area contributed by atoms with E-state index in [0.29, 0.717) is 6.42 Å². The smallest absolute Gasteiger partial charge is 0.462 e. The van der Waals surface area contributed by atoms with Gasteiger partial charge in [-0.25, -0.2) is 4.57 Å². The van der Waals surface area contributed by atoms with Gasteiger partial charge in [-0.05, 0) is 12.8 Å². The van der Waals surface area contributed by atoms with E-state index >= 15 is 0 Å². The van der Waals surface area contributed by atoms with E-state index in [1.807, 2.05) is 0 Å². The minimum Gasteiger partial charge on any atom is -0.462 e. The average Bonchev–Trinajstić information content (AvgIpc) is 3.08. The molecule has 2 N–H and O–H groups in total. The highest BCUT2D eigenvalue weighted by molar-refractivity contribution is 7.46. The maximum Gasteiger partial charge on any atom is 0.469 e. The van der Waals surface area contributed by atoms with E-state index < -0.39 is 32.5 Å². The van der Waals surface area contributed by atoms with Gasteiger partial charge in [-0.1, -0.05) is 206 Å². The first-order valence-electron chi connectivity index (χ1n) is 21.3. The number of carbonyl (C=O) groups excluding carboxylic acids is 2. The number of esters is 2.